The number of nitrogens with one attached hydrogen (secondary N) is 2. The van der Waals surface area contributed by atoms with Gasteiger partial charge in [0.05, 0.1) is 5.56 Å². The summed E-state index contributed by atoms with van der Waals surface area (Å²) in [4.78, 5) is 14.6. The number of aromatic nitrogens is 1. The Hall–Kier alpha value is -2.07. The van der Waals surface area contributed by atoms with Gasteiger partial charge in [0.25, 0.3) is 5.91 Å². The summed E-state index contributed by atoms with van der Waals surface area (Å²) in [7, 11) is 0. The maximum atomic E-state index is 11.8. The van der Waals surface area contributed by atoms with Gasteiger partial charge in [0.2, 0.25) is 0 Å². The van der Waals surface area contributed by atoms with Gasteiger partial charge in [-0.2, -0.15) is 0 Å². The molecule has 18 heavy (non-hydrogen) atoms. The molecule has 4 N–H and O–H groups in total. The van der Waals surface area contributed by atoms with E-state index in [1.165, 1.54) is 0 Å². The maximum Gasteiger partial charge on any atom is 0.253 e. The zero-order chi connectivity index (χ0) is 13.0. The zero-order valence-corrected chi connectivity index (χ0v) is 10.4. The summed E-state index contributed by atoms with van der Waals surface area (Å²) in [5, 5.41) is 2.89. The molecule has 2 aromatic rings. The Morgan fingerprint density at radius 2 is 2.22 bits per heavy atom. The van der Waals surface area contributed by atoms with E-state index in [2.05, 4.69) is 16.4 Å². The Morgan fingerprint density at radius 3 is 2.83 bits per heavy atom. The molecule has 1 amide bonds. The predicted octanol–water partition coefficient (Wildman–Crippen LogP) is 1.71. The number of H-pyrrole nitrogens is 1. The minimum atomic E-state index is -0.0708. The highest BCUT2D eigenvalue weighted by atomic mass is 16.1. The zero-order valence-electron chi connectivity index (χ0n) is 10.4. The van der Waals surface area contributed by atoms with Crippen LogP contribution in [0.1, 0.15) is 27.0 Å². The van der Waals surface area contributed by atoms with Crippen molar-refractivity contribution in [1.82, 2.24) is 10.3 Å². The first-order chi connectivity index (χ1) is 8.70. The van der Waals surface area contributed by atoms with Gasteiger partial charge in [0.15, 0.2) is 0 Å². The molecule has 0 saturated heterocycles. The fourth-order valence-electron chi connectivity index (χ4n) is 1.83. The molecule has 94 valence electrons. The van der Waals surface area contributed by atoms with E-state index >= 15 is 0 Å². The normalized spacial score (nSPS) is 10.3. The number of nitrogens with two attached hydrogens (primary N) is 1. The van der Waals surface area contributed by atoms with Gasteiger partial charge >= 0.3 is 0 Å². The smallest absolute Gasteiger partial charge is 0.253 e. The van der Waals surface area contributed by atoms with Crippen molar-refractivity contribution < 1.29 is 4.79 Å². The minimum Gasteiger partial charge on any atom is -0.367 e. The van der Waals surface area contributed by atoms with Crippen molar-refractivity contribution in [2.75, 3.05) is 0 Å². The Kier molecular flexibility index (Phi) is 3.79. The Balaban J connectivity index is 2.00. The number of benzene rings is 1. The standard InChI is InChI=1S/C14H17N3O/c1-10-6-11(7-15)2-3-12(10)9-17-14(18)13-4-5-16-8-13/h2-6,8,16H,7,9,15H2,1H3,(H,17,18). The van der Waals surface area contributed by atoms with Gasteiger partial charge in [-0.05, 0) is 29.7 Å². The molecule has 2 rings (SSSR count). The molecule has 0 unspecified atom stereocenters. The molecule has 0 fully saturated rings. The van der Waals surface area contributed by atoms with Crippen LogP contribution in [0, 0.1) is 6.92 Å². The van der Waals surface area contributed by atoms with Gasteiger partial charge in [0, 0.05) is 25.5 Å². The Labute approximate surface area is 106 Å². The quantitative estimate of drug-likeness (QED) is 0.765. The number of hydrogen-bond acceptors (Lipinski definition) is 2. The number of aromatic amines is 1. The molecule has 0 atom stereocenters. The van der Waals surface area contributed by atoms with Crippen molar-refractivity contribution in [3.8, 4) is 0 Å². The molecule has 0 spiro atoms. The molecule has 0 aliphatic heterocycles. The molecule has 0 saturated carbocycles. The van der Waals surface area contributed by atoms with Crippen molar-refractivity contribution in [3.63, 3.8) is 0 Å². The topological polar surface area (TPSA) is 70.9 Å². The SMILES string of the molecule is Cc1cc(CN)ccc1CNC(=O)c1cc[nH]c1. The lowest BCUT2D eigenvalue weighted by Crippen LogP contribution is -2.22. The third kappa shape index (κ3) is 2.78. The van der Waals surface area contributed by atoms with Crippen LogP contribution in [0.25, 0.3) is 0 Å². The van der Waals surface area contributed by atoms with Gasteiger partial charge in [0.1, 0.15) is 0 Å². The van der Waals surface area contributed by atoms with E-state index in [-0.39, 0.29) is 5.91 Å². The second-order valence-corrected chi connectivity index (χ2v) is 4.25. The van der Waals surface area contributed by atoms with Gasteiger partial charge in [-0.25, -0.2) is 0 Å². The monoisotopic (exact) mass is 243 g/mol. The summed E-state index contributed by atoms with van der Waals surface area (Å²) in [6.07, 6.45) is 3.41. The van der Waals surface area contributed by atoms with Crippen LogP contribution in [0.2, 0.25) is 0 Å². The van der Waals surface area contributed by atoms with E-state index < -0.39 is 0 Å². The maximum absolute atomic E-state index is 11.8. The van der Waals surface area contributed by atoms with Gasteiger partial charge < -0.3 is 16.0 Å². The lowest BCUT2D eigenvalue weighted by Gasteiger charge is -2.08. The summed E-state index contributed by atoms with van der Waals surface area (Å²) in [6.45, 7) is 3.09. The molecule has 1 heterocycles. The van der Waals surface area contributed by atoms with Crippen molar-refractivity contribution >= 4 is 5.91 Å². The molecule has 4 heteroatoms. The highest BCUT2D eigenvalue weighted by Crippen LogP contribution is 2.11. The second kappa shape index (κ2) is 5.51. The molecule has 4 nitrogen and oxygen atoms in total. The van der Waals surface area contributed by atoms with E-state index in [1.807, 2.05) is 19.1 Å². The number of carbonyl (C=O) groups excluding carboxylic acids is 1. The predicted molar refractivity (Wildman–Crippen MR) is 71.0 cm³/mol. The minimum absolute atomic E-state index is 0.0708. The van der Waals surface area contributed by atoms with Crippen LogP contribution in [0.4, 0.5) is 0 Å². The first-order valence-corrected chi connectivity index (χ1v) is 5.90. The van der Waals surface area contributed by atoms with Crippen LogP contribution >= 0.6 is 0 Å². The lowest BCUT2D eigenvalue weighted by molar-refractivity contribution is 0.0951. The van der Waals surface area contributed by atoms with E-state index in [4.69, 9.17) is 5.73 Å². The van der Waals surface area contributed by atoms with Gasteiger partial charge in [-0.3, -0.25) is 4.79 Å². The number of hydrogen-bond donors (Lipinski definition) is 3. The summed E-state index contributed by atoms with van der Waals surface area (Å²) in [5.41, 5.74) is 9.58. The first kappa shape index (κ1) is 12.4. The second-order valence-electron chi connectivity index (χ2n) is 4.25. The number of rotatable bonds is 4. The van der Waals surface area contributed by atoms with Gasteiger partial charge in [-0.1, -0.05) is 18.2 Å². The fraction of sp³-hybridized carbons (Fsp3) is 0.214. The molecule has 0 aliphatic rings. The van der Waals surface area contributed by atoms with Crippen LogP contribution < -0.4 is 11.1 Å². The average Bonchev–Trinajstić information content (AvgIpc) is 2.90. The molecule has 1 aromatic carbocycles. The third-order valence-corrected chi connectivity index (χ3v) is 2.94. The highest BCUT2D eigenvalue weighted by molar-refractivity contribution is 5.93. The molecular weight excluding hydrogens is 226 g/mol. The number of carbonyl (C=O) groups is 1. The van der Waals surface area contributed by atoms with Crippen LogP contribution in [-0.2, 0) is 13.1 Å². The molecule has 0 aliphatic carbocycles. The van der Waals surface area contributed by atoms with Crippen molar-refractivity contribution in [2.24, 2.45) is 5.73 Å². The number of amides is 1. The largest absolute Gasteiger partial charge is 0.367 e. The Morgan fingerprint density at radius 1 is 1.39 bits per heavy atom. The first-order valence-electron chi connectivity index (χ1n) is 5.90. The van der Waals surface area contributed by atoms with E-state index in [0.717, 1.165) is 16.7 Å². The molecular formula is C14H17N3O. The molecule has 1 aromatic heterocycles. The van der Waals surface area contributed by atoms with Crippen LogP contribution in [-0.4, -0.2) is 10.9 Å². The van der Waals surface area contributed by atoms with Crippen LogP contribution in [0.3, 0.4) is 0 Å². The summed E-state index contributed by atoms with van der Waals surface area (Å²) in [5.74, 6) is -0.0708. The molecule has 0 radical (unpaired) electrons. The lowest BCUT2D eigenvalue weighted by atomic mass is 10.1. The van der Waals surface area contributed by atoms with Crippen LogP contribution in [0.15, 0.2) is 36.7 Å². The average molecular weight is 243 g/mol. The third-order valence-electron chi connectivity index (χ3n) is 2.94. The number of aryl methyl sites for hydroxylation is 1. The summed E-state index contributed by atoms with van der Waals surface area (Å²) in [6, 6.07) is 7.80. The van der Waals surface area contributed by atoms with E-state index in [0.29, 0.717) is 18.7 Å². The van der Waals surface area contributed by atoms with E-state index in [9.17, 15) is 4.79 Å². The van der Waals surface area contributed by atoms with E-state index in [1.54, 1.807) is 18.5 Å². The summed E-state index contributed by atoms with van der Waals surface area (Å²) >= 11 is 0. The van der Waals surface area contributed by atoms with Crippen molar-refractivity contribution in [3.05, 3.63) is 58.9 Å². The van der Waals surface area contributed by atoms with Crippen LogP contribution in [0.5, 0.6) is 0 Å². The van der Waals surface area contributed by atoms with Gasteiger partial charge in [-0.15, -0.1) is 0 Å². The van der Waals surface area contributed by atoms with Crippen molar-refractivity contribution in [2.45, 2.75) is 20.0 Å². The molecule has 0 bridgehead atoms. The highest BCUT2D eigenvalue weighted by Gasteiger charge is 2.06. The summed E-state index contributed by atoms with van der Waals surface area (Å²) < 4.78 is 0. The fourth-order valence-corrected chi connectivity index (χ4v) is 1.83. The van der Waals surface area contributed by atoms with Crippen molar-refractivity contribution in [1.29, 1.82) is 0 Å². The Bertz CT molecular complexity index is 532.